The van der Waals surface area contributed by atoms with Crippen LogP contribution in [0, 0.1) is 6.92 Å². The Morgan fingerprint density at radius 2 is 1.90 bits per heavy atom. The summed E-state index contributed by atoms with van der Waals surface area (Å²) in [6.07, 6.45) is 1.65. The second kappa shape index (κ2) is 7.88. The molecule has 0 saturated heterocycles. The standard InChI is InChI=1S/C21H25ClN2O4S/c1-14-5-10-19-17(11-14)18(12-21(2,3)28-19)23-20(25)13-24(29(4,26)27)16-8-6-15(22)7-9-16/h5-11,18H,12-13H2,1-4H3,(H,23,25)/t18-/m1/s1. The minimum atomic E-state index is -3.65. The van der Waals surface area contributed by atoms with Crippen LogP contribution in [0.1, 0.15) is 37.4 Å². The molecule has 0 aliphatic carbocycles. The van der Waals surface area contributed by atoms with Gasteiger partial charge >= 0.3 is 0 Å². The zero-order valence-corrected chi connectivity index (χ0v) is 18.5. The smallest absolute Gasteiger partial charge is 0.241 e. The van der Waals surface area contributed by atoms with E-state index in [4.69, 9.17) is 16.3 Å². The van der Waals surface area contributed by atoms with Crippen molar-refractivity contribution < 1.29 is 17.9 Å². The van der Waals surface area contributed by atoms with Gasteiger partial charge in [-0.2, -0.15) is 0 Å². The third kappa shape index (κ3) is 5.22. The molecule has 0 unspecified atom stereocenters. The van der Waals surface area contributed by atoms with Crippen LogP contribution in [-0.4, -0.2) is 32.7 Å². The van der Waals surface area contributed by atoms with Crippen LogP contribution in [0.2, 0.25) is 5.02 Å². The van der Waals surface area contributed by atoms with Crippen LogP contribution < -0.4 is 14.4 Å². The molecule has 0 bridgehead atoms. The van der Waals surface area contributed by atoms with Gasteiger partial charge in [-0.1, -0.05) is 29.3 Å². The van der Waals surface area contributed by atoms with Gasteiger partial charge in [0.25, 0.3) is 0 Å². The molecule has 1 heterocycles. The number of rotatable bonds is 5. The highest BCUT2D eigenvalue weighted by Gasteiger charge is 2.35. The molecular weight excluding hydrogens is 412 g/mol. The normalized spacial score (nSPS) is 17.8. The molecule has 0 spiro atoms. The lowest BCUT2D eigenvalue weighted by atomic mass is 9.89. The SMILES string of the molecule is Cc1ccc2c(c1)[C@H](NC(=O)CN(c1ccc(Cl)cc1)S(C)(=O)=O)CC(C)(C)O2. The third-order valence-corrected chi connectivity index (χ3v) is 6.15. The molecule has 0 fully saturated rings. The number of sulfonamides is 1. The topological polar surface area (TPSA) is 75.7 Å². The monoisotopic (exact) mass is 436 g/mol. The summed E-state index contributed by atoms with van der Waals surface area (Å²) in [5, 5.41) is 3.48. The number of hydrogen-bond donors (Lipinski definition) is 1. The molecule has 29 heavy (non-hydrogen) atoms. The van der Waals surface area contributed by atoms with Crippen molar-refractivity contribution in [2.45, 2.75) is 38.8 Å². The van der Waals surface area contributed by atoms with Gasteiger partial charge in [-0.25, -0.2) is 8.42 Å². The Kier molecular flexibility index (Phi) is 5.83. The molecule has 1 N–H and O–H groups in total. The Balaban J connectivity index is 1.83. The van der Waals surface area contributed by atoms with Crippen molar-refractivity contribution in [3.63, 3.8) is 0 Å². The van der Waals surface area contributed by atoms with E-state index >= 15 is 0 Å². The van der Waals surface area contributed by atoms with Gasteiger partial charge in [0.05, 0.1) is 18.0 Å². The highest BCUT2D eigenvalue weighted by Crippen LogP contribution is 2.39. The van der Waals surface area contributed by atoms with Gasteiger partial charge in [-0.15, -0.1) is 0 Å². The average Bonchev–Trinajstić information content (AvgIpc) is 2.60. The highest BCUT2D eigenvalue weighted by atomic mass is 35.5. The molecule has 1 aliphatic heterocycles. The summed E-state index contributed by atoms with van der Waals surface area (Å²) in [4.78, 5) is 12.8. The molecule has 2 aromatic rings. The molecular formula is C21H25ClN2O4S. The molecule has 1 aliphatic rings. The van der Waals surface area contributed by atoms with Crippen LogP contribution in [0.15, 0.2) is 42.5 Å². The number of halogens is 1. The van der Waals surface area contributed by atoms with Crippen LogP contribution in [0.25, 0.3) is 0 Å². The molecule has 156 valence electrons. The minimum absolute atomic E-state index is 0.271. The second-order valence-electron chi connectivity index (χ2n) is 7.97. The molecule has 6 nitrogen and oxygen atoms in total. The molecule has 8 heteroatoms. The quantitative estimate of drug-likeness (QED) is 0.772. The number of amides is 1. The number of carbonyl (C=O) groups is 1. The summed E-state index contributed by atoms with van der Waals surface area (Å²) < 4.78 is 31.7. The summed E-state index contributed by atoms with van der Waals surface area (Å²) in [7, 11) is -3.65. The van der Waals surface area contributed by atoms with Gasteiger partial charge in [0.2, 0.25) is 15.9 Å². The van der Waals surface area contributed by atoms with Crippen LogP contribution in [0.5, 0.6) is 5.75 Å². The zero-order valence-electron chi connectivity index (χ0n) is 16.9. The number of nitrogens with zero attached hydrogens (tertiary/aromatic N) is 1. The largest absolute Gasteiger partial charge is 0.487 e. The van der Waals surface area contributed by atoms with E-state index in [1.54, 1.807) is 24.3 Å². The van der Waals surface area contributed by atoms with Crippen LogP contribution in [-0.2, 0) is 14.8 Å². The Labute approximate surface area is 176 Å². The predicted octanol–water partition coefficient (Wildman–Crippen LogP) is 3.83. The second-order valence-corrected chi connectivity index (χ2v) is 10.3. The summed E-state index contributed by atoms with van der Waals surface area (Å²) in [6, 6.07) is 11.9. The lowest BCUT2D eigenvalue weighted by molar-refractivity contribution is -0.120. The van der Waals surface area contributed by atoms with E-state index in [1.807, 2.05) is 39.0 Å². The molecule has 2 aromatic carbocycles. The zero-order chi connectivity index (χ0) is 21.4. The highest BCUT2D eigenvalue weighted by molar-refractivity contribution is 7.92. The number of anilines is 1. The first-order chi connectivity index (χ1) is 13.4. The first kappa shape index (κ1) is 21.5. The molecule has 0 saturated carbocycles. The van der Waals surface area contributed by atoms with Crippen molar-refractivity contribution in [2.75, 3.05) is 17.1 Å². The molecule has 3 rings (SSSR count). The number of benzene rings is 2. The third-order valence-electron chi connectivity index (χ3n) is 4.76. The van der Waals surface area contributed by atoms with Crippen molar-refractivity contribution >= 4 is 33.2 Å². The van der Waals surface area contributed by atoms with E-state index in [-0.39, 0.29) is 18.5 Å². The number of fused-ring (bicyclic) bond motifs is 1. The summed E-state index contributed by atoms with van der Waals surface area (Å²) in [5.41, 5.74) is 1.89. The van der Waals surface area contributed by atoms with Crippen LogP contribution in [0.4, 0.5) is 5.69 Å². The first-order valence-corrected chi connectivity index (χ1v) is 11.5. The fourth-order valence-electron chi connectivity index (χ4n) is 3.48. The number of aryl methyl sites for hydroxylation is 1. The predicted molar refractivity (Wildman–Crippen MR) is 115 cm³/mol. The van der Waals surface area contributed by atoms with Crippen molar-refractivity contribution in [3.05, 3.63) is 58.6 Å². The summed E-state index contributed by atoms with van der Waals surface area (Å²) in [6.45, 7) is 5.58. The number of nitrogens with one attached hydrogen (secondary N) is 1. The average molecular weight is 437 g/mol. The molecule has 0 aromatic heterocycles. The van der Waals surface area contributed by atoms with Gasteiger partial charge in [-0.3, -0.25) is 9.10 Å². The van der Waals surface area contributed by atoms with Gasteiger partial charge in [0.1, 0.15) is 17.9 Å². The van der Waals surface area contributed by atoms with Gasteiger partial charge < -0.3 is 10.1 Å². The van der Waals surface area contributed by atoms with Crippen molar-refractivity contribution in [2.24, 2.45) is 0 Å². The molecule has 1 amide bonds. The Bertz CT molecular complexity index is 1020. The lowest BCUT2D eigenvalue weighted by Gasteiger charge is -2.38. The molecule has 1 atom stereocenters. The lowest BCUT2D eigenvalue weighted by Crippen LogP contribution is -2.45. The number of hydrogen-bond acceptors (Lipinski definition) is 4. The van der Waals surface area contributed by atoms with Crippen molar-refractivity contribution in [1.82, 2.24) is 5.32 Å². The summed E-state index contributed by atoms with van der Waals surface area (Å²) in [5.74, 6) is 0.343. The Hall–Kier alpha value is -2.25. The summed E-state index contributed by atoms with van der Waals surface area (Å²) >= 11 is 5.89. The van der Waals surface area contributed by atoms with E-state index in [9.17, 15) is 13.2 Å². The van der Waals surface area contributed by atoms with Gasteiger partial charge in [-0.05, 0) is 51.1 Å². The van der Waals surface area contributed by atoms with E-state index in [0.29, 0.717) is 17.1 Å². The number of ether oxygens (including phenoxy) is 1. The van der Waals surface area contributed by atoms with E-state index in [0.717, 1.165) is 27.4 Å². The first-order valence-electron chi connectivity index (χ1n) is 9.27. The van der Waals surface area contributed by atoms with Crippen LogP contribution >= 0.6 is 11.6 Å². The minimum Gasteiger partial charge on any atom is -0.487 e. The maximum atomic E-state index is 12.8. The van der Waals surface area contributed by atoms with Gasteiger partial charge in [0, 0.05) is 17.0 Å². The maximum absolute atomic E-state index is 12.8. The number of carbonyl (C=O) groups excluding carboxylic acids is 1. The van der Waals surface area contributed by atoms with Crippen molar-refractivity contribution in [3.8, 4) is 5.75 Å². The molecule has 0 radical (unpaired) electrons. The Morgan fingerprint density at radius 1 is 1.24 bits per heavy atom. The Morgan fingerprint density at radius 3 is 2.52 bits per heavy atom. The van der Waals surface area contributed by atoms with Gasteiger partial charge in [0.15, 0.2) is 0 Å². The van der Waals surface area contributed by atoms with E-state index in [2.05, 4.69) is 5.32 Å². The maximum Gasteiger partial charge on any atom is 0.241 e. The van der Waals surface area contributed by atoms with Crippen molar-refractivity contribution in [1.29, 1.82) is 0 Å². The van der Waals surface area contributed by atoms with E-state index in [1.165, 1.54) is 0 Å². The fourth-order valence-corrected chi connectivity index (χ4v) is 4.46. The van der Waals surface area contributed by atoms with Crippen LogP contribution in [0.3, 0.4) is 0 Å². The van der Waals surface area contributed by atoms with E-state index < -0.39 is 15.6 Å². The fraction of sp³-hybridized carbons (Fsp3) is 0.381.